The molecule has 1 fully saturated rings. The minimum absolute atomic E-state index is 0.101. The summed E-state index contributed by atoms with van der Waals surface area (Å²) in [5, 5.41) is 2.58. The molecular formula is C18H18F3N3O3. The van der Waals surface area contributed by atoms with Crippen LogP contribution in [0.25, 0.3) is 0 Å². The zero-order valence-corrected chi connectivity index (χ0v) is 14.3. The van der Waals surface area contributed by atoms with Crippen molar-refractivity contribution in [1.29, 1.82) is 0 Å². The summed E-state index contributed by atoms with van der Waals surface area (Å²) in [7, 11) is 0. The number of carbonyl (C=O) groups is 2. The monoisotopic (exact) mass is 381 g/mol. The second-order valence-corrected chi connectivity index (χ2v) is 6.17. The van der Waals surface area contributed by atoms with Crippen LogP contribution in [0.2, 0.25) is 0 Å². The molecule has 1 aliphatic rings. The number of nitrogens with zero attached hydrogens (tertiary/aromatic N) is 2. The van der Waals surface area contributed by atoms with Crippen LogP contribution < -0.4 is 5.32 Å². The van der Waals surface area contributed by atoms with Gasteiger partial charge in [0.2, 0.25) is 5.91 Å². The first-order valence-electron chi connectivity index (χ1n) is 8.35. The second-order valence-electron chi connectivity index (χ2n) is 6.17. The molecular weight excluding hydrogens is 363 g/mol. The Morgan fingerprint density at radius 1 is 1.04 bits per heavy atom. The zero-order valence-electron chi connectivity index (χ0n) is 14.3. The summed E-state index contributed by atoms with van der Waals surface area (Å²) >= 11 is 0. The van der Waals surface area contributed by atoms with Gasteiger partial charge < -0.3 is 14.6 Å². The van der Waals surface area contributed by atoms with Crippen molar-refractivity contribution in [2.45, 2.75) is 6.18 Å². The molecule has 1 N–H and O–H groups in total. The fourth-order valence-corrected chi connectivity index (χ4v) is 2.81. The van der Waals surface area contributed by atoms with Crippen LogP contribution in [0.4, 0.5) is 18.9 Å². The van der Waals surface area contributed by atoms with Gasteiger partial charge in [0.15, 0.2) is 5.76 Å². The van der Waals surface area contributed by atoms with Gasteiger partial charge in [-0.3, -0.25) is 14.5 Å². The molecule has 144 valence electrons. The van der Waals surface area contributed by atoms with E-state index >= 15 is 0 Å². The number of halogens is 3. The summed E-state index contributed by atoms with van der Waals surface area (Å²) in [6, 6.07) is 7.55. The van der Waals surface area contributed by atoms with Gasteiger partial charge >= 0.3 is 6.18 Å². The molecule has 9 heteroatoms. The summed E-state index contributed by atoms with van der Waals surface area (Å²) in [5.74, 6) is -0.224. The molecule has 0 aliphatic carbocycles. The number of hydrogen-bond donors (Lipinski definition) is 1. The Hall–Kier alpha value is -2.81. The maximum absolute atomic E-state index is 12.5. The standard InChI is InChI=1S/C18H18F3N3O3/c19-18(20,21)13-3-5-14(6-4-13)22-16(25)12-23-7-9-24(10-8-23)17(26)15-2-1-11-27-15/h1-6,11H,7-10,12H2,(H,22,25). The zero-order chi connectivity index (χ0) is 19.4. The molecule has 3 rings (SSSR count). The van der Waals surface area contributed by atoms with Gasteiger partial charge in [0.1, 0.15) is 0 Å². The highest BCUT2D eigenvalue weighted by molar-refractivity contribution is 5.92. The number of rotatable bonds is 4. The second kappa shape index (κ2) is 7.83. The third-order valence-corrected chi connectivity index (χ3v) is 4.25. The van der Waals surface area contributed by atoms with E-state index in [0.29, 0.717) is 31.9 Å². The molecule has 2 aromatic rings. The lowest BCUT2D eigenvalue weighted by Crippen LogP contribution is -2.50. The largest absolute Gasteiger partial charge is 0.459 e. The molecule has 0 atom stereocenters. The van der Waals surface area contributed by atoms with E-state index in [0.717, 1.165) is 12.1 Å². The van der Waals surface area contributed by atoms with Gasteiger partial charge in [0.05, 0.1) is 18.4 Å². The van der Waals surface area contributed by atoms with Crippen LogP contribution in [0.1, 0.15) is 16.1 Å². The van der Waals surface area contributed by atoms with Crippen molar-refractivity contribution in [3.8, 4) is 0 Å². The summed E-state index contributed by atoms with van der Waals surface area (Å²) in [6.07, 6.45) is -2.97. The number of alkyl halides is 3. The van der Waals surface area contributed by atoms with E-state index in [-0.39, 0.29) is 24.1 Å². The maximum Gasteiger partial charge on any atom is 0.416 e. The summed E-state index contributed by atoms with van der Waals surface area (Å²) in [4.78, 5) is 27.8. The Bertz CT molecular complexity index is 780. The van der Waals surface area contributed by atoms with Crippen LogP contribution in [-0.2, 0) is 11.0 Å². The van der Waals surface area contributed by atoms with Gasteiger partial charge in [-0.05, 0) is 36.4 Å². The predicted octanol–water partition coefficient (Wildman–Crippen LogP) is 2.69. The lowest BCUT2D eigenvalue weighted by atomic mass is 10.2. The smallest absolute Gasteiger partial charge is 0.416 e. The van der Waals surface area contributed by atoms with Crippen LogP contribution in [0.15, 0.2) is 47.1 Å². The van der Waals surface area contributed by atoms with Gasteiger partial charge in [0, 0.05) is 31.9 Å². The van der Waals surface area contributed by atoms with Crippen LogP contribution >= 0.6 is 0 Å². The molecule has 2 amide bonds. The highest BCUT2D eigenvalue weighted by Crippen LogP contribution is 2.29. The summed E-state index contributed by atoms with van der Waals surface area (Å²) in [6.45, 7) is 2.07. The number of nitrogens with one attached hydrogen (secondary N) is 1. The predicted molar refractivity (Wildman–Crippen MR) is 91.1 cm³/mol. The molecule has 2 heterocycles. The summed E-state index contributed by atoms with van der Waals surface area (Å²) in [5.41, 5.74) is -0.461. The van der Waals surface area contributed by atoms with Crippen LogP contribution in [0.3, 0.4) is 0 Å². The molecule has 0 saturated carbocycles. The number of carbonyl (C=O) groups excluding carboxylic acids is 2. The van der Waals surface area contributed by atoms with E-state index in [1.54, 1.807) is 17.0 Å². The Morgan fingerprint density at radius 3 is 2.26 bits per heavy atom. The molecule has 0 unspecified atom stereocenters. The SMILES string of the molecule is O=C(CN1CCN(C(=O)c2ccco2)CC1)Nc1ccc(C(F)(F)F)cc1. The number of piperazine rings is 1. The van der Waals surface area contributed by atoms with Crippen LogP contribution in [-0.4, -0.2) is 54.3 Å². The van der Waals surface area contributed by atoms with Gasteiger partial charge in [-0.15, -0.1) is 0 Å². The number of benzene rings is 1. The Morgan fingerprint density at radius 2 is 1.70 bits per heavy atom. The molecule has 1 saturated heterocycles. The lowest BCUT2D eigenvalue weighted by molar-refractivity contribution is -0.137. The van der Waals surface area contributed by atoms with Crippen molar-refractivity contribution in [1.82, 2.24) is 9.80 Å². The molecule has 0 spiro atoms. The third-order valence-electron chi connectivity index (χ3n) is 4.25. The number of furan rings is 1. The van der Waals surface area contributed by atoms with Crippen molar-refractivity contribution in [2.75, 3.05) is 38.0 Å². The first-order valence-corrected chi connectivity index (χ1v) is 8.35. The number of hydrogen-bond acceptors (Lipinski definition) is 4. The van der Waals surface area contributed by atoms with Gasteiger partial charge in [-0.25, -0.2) is 0 Å². The first-order chi connectivity index (χ1) is 12.8. The number of amides is 2. The molecule has 0 bridgehead atoms. The van der Waals surface area contributed by atoms with Crippen LogP contribution in [0.5, 0.6) is 0 Å². The maximum atomic E-state index is 12.5. The topological polar surface area (TPSA) is 65.8 Å². The fourth-order valence-electron chi connectivity index (χ4n) is 2.81. The van der Waals surface area contributed by atoms with Crippen molar-refractivity contribution in [3.63, 3.8) is 0 Å². The minimum atomic E-state index is -4.41. The van der Waals surface area contributed by atoms with Crippen LogP contribution in [0, 0.1) is 0 Å². The molecule has 1 aliphatic heterocycles. The Kier molecular flexibility index (Phi) is 5.50. The van der Waals surface area contributed by atoms with Gasteiger partial charge in [0.25, 0.3) is 5.91 Å². The highest BCUT2D eigenvalue weighted by Gasteiger charge is 2.30. The third kappa shape index (κ3) is 4.88. The van der Waals surface area contributed by atoms with E-state index in [2.05, 4.69) is 5.32 Å². The van der Waals surface area contributed by atoms with E-state index in [1.807, 2.05) is 4.90 Å². The minimum Gasteiger partial charge on any atom is -0.459 e. The summed E-state index contributed by atoms with van der Waals surface area (Å²) < 4.78 is 42.7. The quantitative estimate of drug-likeness (QED) is 0.885. The lowest BCUT2D eigenvalue weighted by Gasteiger charge is -2.33. The van der Waals surface area contributed by atoms with Gasteiger partial charge in [-0.2, -0.15) is 13.2 Å². The van der Waals surface area contributed by atoms with E-state index < -0.39 is 11.7 Å². The molecule has 1 aromatic heterocycles. The van der Waals surface area contributed by atoms with E-state index in [9.17, 15) is 22.8 Å². The van der Waals surface area contributed by atoms with E-state index in [1.165, 1.54) is 18.4 Å². The van der Waals surface area contributed by atoms with Crippen molar-refractivity contribution >= 4 is 17.5 Å². The Labute approximate surface area is 153 Å². The Balaban J connectivity index is 1.46. The molecule has 1 aromatic carbocycles. The molecule has 0 radical (unpaired) electrons. The normalized spacial score (nSPS) is 15.6. The molecule has 27 heavy (non-hydrogen) atoms. The molecule has 6 nitrogen and oxygen atoms in total. The average Bonchev–Trinajstić information content (AvgIpc) is 3.16. The average molecular weight is 381 g/mol. The van der Waals surface area contributed by atoms with Crippen molar-refractivity contribution in [3.05, 3.63) is 54.0 Å². The number of anilines is 1. The van der Waals surface area contributed by atoms with Crippen molar-refractivity contribution < 1.29 is 27.2 Å². The first kappa shape index (κ1) is 19.0. The van der Waals surface area contributed by atoms with Gasteiger partial charge in [-0.1, -0.05) is 0 Å². The fraction of sp³-hybridized carbons (Fsp3) is 0.333. The van der Waals surface area contributed by atoms with Crippen molar-refractivity contribution in [2.24, 2.45) is 0 Å². The van der Waals surface area contributed by atoms with E-state index in [4.69, 9.17) is 4.42 Å². The highest BCUT2D eigenvalue weighted by atomic mass is 19.4.